The lowest BCUT2D eigenvalue weighted by molar-refractivity contribution is -0.137. The molecule has 0 bridgehead atoms. The number of benzene rings is 1. The lowest BCUT2D eigenvalue weighted by Crippen LogP contribution is -2.39. The van der Waals surface area contributed by atoms with Gasteiger partial charge >= 0.3 is 5.97 Å². The van der Waals surface area contributed by atoms with Gasteiger partial charge < -0.3 is 15.2 Å². The van der Waals surface area contributed by atoms with Crippen LogP contribution in [0.1, 0.15) is 17.3 Å². The van der Waals surface area contributed by atoms with E-state index in [9.17, 15) is 9.59 Å². The molecular formula is C15H20N2O4. The molecule has 0 saturated carbocycles. The first-order valence-electron chi connectivity index (χ1n) is 6.99. The van der Waals surface area contributed by atoms with Gasteiger partial charge in [0.15, 0.2) is 5.78 Å². The van der Waals surface area contributed by atoms with Crippen LogP contribution in [0.25, 0.3) is 0 Å². The summed E-state index contributed by atoms with van der Waals surface area (Å²) in [4.78, 5) is 25.4. The molecule has 1 heterocycles. The van der Waals surface area contributed by atoms with Gasteiger partial charge in [-0.1, -0.05) is 12.1 Å². The van der Waals surface area contributed by atoms with E-state index in [-0.39, 0.29) is 5.78 Å². The number of anilines is 1. The van der Waals surface area contributed by atoms with E-state index < -0.39 is 12.0 Å². The Labute approximate surface area is 123 Å². The summed E-state index contributed by atoms with van der Waals surface area (Å²) in [5, 5.41) is 11.8. The Kier molecular flexibility index (Phi) is 5.30. The highest BCUT2D eigenvalue weighted by molar-refractivity contribution is 6.02. The van der Waals surface area contributed by atoms with Crippen molar-refractivity contribution in [2.24, 2.45) is 0 Å². The van der Waals surface area contributed by atoms with Crippen LogP contribution in [0.2, 0.25) is 0 Å². The number of hydrogen-bond donors (Lipinski definition) is 2. The van der Waals surface area contributed by atoms with Gasteiger partial charge in [-0.15, -0.1) is 0 Å². The topological polar surface area (TPSA) is 78.9 Å². The molecule has 0 spiro atoms. The fourth-order valence-electron chi connectivity index (χ4n) is 2.19. The van der Waals surface area contributed by atoms with Gasteiger partial charge in [0.1, 0.15) is 6.04 Å². The Morgan fingerprint density at radius 1 is 1.33 bits per heavy atom. The number of ether oxygens (including phenoxy) is 1. The van der Waals surface area contributed by atoms with Crippen LogP contribution in [0.3, 0.4) is 0 Å². The van der Waals surface area contributed by atoms with Crippen molar-refractivity contribution in [3.63, 3.8) is 0 Å². The molecule has 1 fully saturated rings. The van der Waals surface area contributed by atoms with E-state index in [1.54, 1.807) is 31.2 Å². The van der Waals surface area contributed by atoms with Crippen molar-refractivity contribution < 1.29 is 19.4 Å². The Morgan fingerprint density at radius 2 is 2.00 bits per heavy atom. The van der Waals surface area contributed by atoms with E-state index in [1.807, 2.05) is 4.90 Å². The summed E-state index contributed by atoms with van der Waals surface area (Å²) in [6, 6.07) is 6.26. The smallest absolute Gasteiger partial charge is 0.325 e. The highest BCUT2D eigenvalue weighted by Gasteiger charge is 2.19. The van der Waals surface area contributed by atoms with E-state index in [0.717, 1.165) is 13.1 Å². The second kappa shape index (κ2) is 7.19. The van der Waals surface area contributed by atoms with Crippen LogP contribution in [-0.4, -0.2) is 60.6 Å². The molecule has 2 rings (SSSR count). The summed E-state index contributed by atoms with van der Waals surface area (Å²) in [5.41, 5.74) is 1.09. The predicted octanol–water partition coefficient (Wildman–Crippen LogP) is 1.09. The number of para-hydroxylation sites is 1. The first kappa shape index (κ1) is 15.5. The zero-order chi connectivity index (χ0) is 15.2. The molecule has 6 heteroatoms. The summed E-state index contributed by atoms with van der Waals surface area (Å²) in [7, 11) is 0. The number of nitrogens with one attached hydrogen (secondary N) is 1. The normalized spacial score (nSPS) is 17.2. The fraction of sp³-hybridized carbons (Fsp3) is 0.467. The SMILES string of the molecule is C[C@H](Nc1ccccc1C(=O)CN1CCOCC1)C(=O)O. The van der Waals surface area contributed by atoms with Gasteiger partial charge in [0.05, 0.1) is 19.8 Å². The number of carbonyl (C=O) groups is 2. The maximum Gasteiger partial charge on any atom is 0.325 e. The number of ketones is 1. The number of carboxylic acids is 1. The molecule has 0 unspecified atom stereocenters. The first-order valence-corrected chi connectivity index (χ1v) is 6.99. The second-order valence-electron chi connectivity index (χ2n) is 5.06. The van der Waals surface area contributed by atoms with Crippen LogP contribution in [0, 0.1) is 0 Å². The third-order valence-electron chi connectivity index (χ3n) is 3.44. The van der Waals surface area contributed by atoms with Crippen LogP contribution in [0.4, 0.5) is 5.69 Å². The molecule has 0 aliphatic carbocycles. The Morgan fingerprint density at radius 3 is 2.67 bits per heavy atom. The molecule has 6 nitrogen and oxygen atoms in total. The van der Waals surface area contributed by atoms with Crippen molar-refractivity contribution in [3.05, 3.63) is 29.8 Å². The predicted molar refractivity (Wildman–Crippen MR) is 78.8 cm³/mol. The maximum atomic E-state index is 12.4. The van der Waals surface area contributed by atoms with Crippen LogP contribution in [0.5, 0.6) is 0 Å². The summed E-state index contributed by atoms with van der Waals surface area (Å²) in [6.45, 7) is 4.64. The molecule has 0 radical (unpaired) electrons. The van der Waals surface area contributed by atoms with Crippen LogP contribution in [0.15, 0.2) is 24.3 Å². The molecule has 1 aromatic rings. The van der Waals surface area contributed by atoms with Gasteiger partial charge in [0.25, 0.3) is 0 Å². The first-order chi connectivity index (χ1) is 10.1. The van der Waals surface area contributed by atoms with Crippen molar-refractivity contribution in [1.29, 1.82) is 0 Å². The summed E-state index contributed by atoms with van der Waals surface area (Å²) in [6.07, 6.45) is 0. The molecular weight excluding hydrogens is 272 g/mol. The van der Waals surface area contributed by atoms with Gasteiger partial charge in [-0.2, -0.15) is 0 Å². The minimum absolute atomic E-state index is 0.0161. The summed E-state index contributed by atoms with van der Waals surface area (Å²) < 4.78 is 5.26. The highest BCUT2D eigenvalue weighted by Crippen LogP contribution is 2.17. The minimum Gasteiger partial charge on any atom is -0.480 e. The fourth-order valence-corrected chi connectivity index (χ4v) is 2.19. The van der Waals surface area contributed by atoms with Gasteiger partial charge in [-0.25, -0.2) is 0 Å². The Bertz CT molecular complexity index is 512. The number of hydrogen-bond acceptors (Lipinski definition) is 5. The quantitative estimate of drug-likeness (QED) is 0.764. The largest absolute Gasteiger partial charge is 0.480 e. The van der Waals surface area contributed by atoms with Crippen molar-refractivity contribution in [3.8, 4) is 0 Å². The van der Waals surface area contributed by atoms with E-state index in [1.165, 1.54) is 0 Å². The molecule has 114 valence electrons. The van der Waals surface area contributed by atoms with E-state index >= 15 is 0 Å². The van der Waals surface area contributed by atoms with Gasteiger partial charge in [0, 0.05) is 24.3 Å². The maximum absolute atomic E-state index is 12.4. The van der Waals surface area contributed by atoms with E-state index in [0.29, 0.717) is 31.0 Å². The zero-order valence-electron chi connectivity index (χ0n) is 12.0. The molecule has 2 N–H and O–H groups in total. The third kappa shape index (κ3) is 4.27. The van der Waals surface area contributed by atoms with Gasteiger partial charge in [-0.3, -0.25) is 14.5 Å². The van der Waals surface area contributed by atoms with E-state index in [4.69, 9.17) is 9.84 Å². The van der Waals surface area contributed by atoms with Crippen molar-refractivity contribution >= 4 is 17.4 Å². The Balaban J connectivity index is 2.07. The number of aliphatic carboxylic acids is 1. The molecule has 1 aromatic carbocycles. The lowest BCUT2D eigenvalue weighted by atomic mass is 10.1. The highest BCUT2D eigenvalue weighted by atomic mass is 16.5. The number of morpholine rings is 1. The number of nitrogens with zero attached hydrogens (tertiary/aromatic N) is 1. The monoisotopic (exact) mass is 292 g/mol. The zero-order valence-corrected chi connectivity index (χ0v) is 12.0. The summed E-state index contributed by atoms with van der Waals surface area (Å²) in [5.74, 6) is -0.969. The van der Waals surface area contributed by atoms with E-state index in [2.05, 4.69) is 5.32 Å². The number of carbonyl (C=O) groups excluding carboxylic acids is 1. The lowest BCUT2D eigenvalue weighted by Gasteiger charge is -2.26. The van der Waals surface area contributed by atoms with Crippen LogP contribution in [-0.2, 0) is 9.53 Å². The third-order valence-corrected chi connectivity index (χ3v) is 3.44. The van der Waals surface area contributed by atoms with Crippen LogP contribution < -0.4 is 5.32 Å². The molecule has 0 amide bonds. The molecule has 21 heavy (non-hydrogen) atoms. The van der Waals surface area contributed by atoms with Crippen molar-refractivity contribution in [2.45, 2.75) is 13.0 Å². The summed E-state index contributed by atoms with van der Waals surface area (Å²) >= 11 is 0. The van der Waals surface area contributed by atoms with Crippen LogP contribution >= 0.6 is 0 Å². The number of rotatable bonds is 6. The second-order valence-corrected chi connectivity index (χ2v) is 5.06. The molecule has 1 atom stereocenters. The van der Waals surface area contributed by atoms with Crippen molar-refractivity contribution in [1.82, 2.24) is 4.90 Å². The number of carboxylic acid groups (broad SMARTS) is 1. The molecule has 1 saturated heterocycles. The average molecular weight is 292 g/mol. The minimum atomic E-state index is -0.953. The average Bonchev–Trinajstić information content (AvgIpc) is 2.48. The van der Waals surface area contributed by atoms with Gasteiger partial charge in [0.2, 0.25) is 0 Å². The van der Waals surface area contributed by atoms with Crippen molar-refractivity contribution in [2.75, 3.05) is 38.2 Å². The molecule has 1 aliphatic heterocycles. The Hall–Kier alpha value is -1.92. The number of Topliss-reactive ketones (excluding diaryl/α,β-unsaturated/α-hetero) is 1. The van der Waals surface area contributed by atoms with Gasteiger partial charge in [-0.05, 0) is 19.1 Å². The molecule has 1 aliphatic rings. The standard InChI is InChI=1S/C15H20N2O4/c1-11(15(19)20)16-13-5-3-2-4-12(13)14(18)10-17-6-8-21-9-7-17/h2-5,11,16H,6-10H2,1H3,(H,19,20)/t11-/m0/s1. The molecule has 0 aromatic heterocycles.